The van der Waals surface area contributed by atoms with Gasteiger partial charge in [-0.25, -0.2) is 0 Å². The zero-order valence-corrected chi connectivity index (χ0v) is 58.8. The van der Waals surface area contributed by atoms with Crippen molar-refractivity contribution in [2.45, 2.75) is 443 Å². The second-order valence-electron chi connectivity index (χ2n) is 27.0. The Hall–Kier alpha value is -2.18. The van der Waals surface area contributed by atoms with Gasteiger partial charge in [-0.15, -0.1) is 0 Å². The van der Waals surface area contributed by atoms with Crippen molar-refractivity contribution >= 4 is 11.9 Å². The number of aliphatic hydroxyl groups excluding tert-OH is 2. The number of rotatable bonds is 74. The second-order valence-corrected chi connectivity index (χ2v) is 27.0. The van der Waals surface area contributed by atoms with Gasteiger partial charge in [-0.1, -0.05) is 377 Å². The lowest BCUT2D eigenvalue weighted by molar-refractivity contribution is -0.143. The van der Waals surface area contributed by atoms with Gasteiger partial charge in [-0.3, -0.25) is 9.59 Å². The Bertz CT molecular complexity index is 1450. The van der Waals surface area contributed by atoms with Crippen LogP contribution < -0.4 is 5.32 Å². The molecule has 0 saturated carbocycles. The molecule has 0 spiro atoms. The minimum absolute atomic E-state index is 0.0105. The molecule has 512 valence electrons. The molecule has 0 heterocycles. The number of amides is 1. The highest BCUT2D eigenvalue weighted by Crippen LogP contribution is 2.19. The summed E-state index contributed by atoms with van der Waals surface area (Å²) in [6.45, 7) is 4.94. The van der Waals surface area contributed by atoms with Gasteiger partial charge in [-0.05, 0) is 89.9 Å². The average molecular weight is 1220 g/mol. The SMILES string of the molecule is CCCCCCCC/C=C\CCCCCCCCCCCC(=O)OCCCCCCCCCCC/C=C\C/C=C\CCCCCCCCCCCCCC(=O)NC(CO)C(O)/C=C/CCCCCCCCCCCCCCCCCCCCCCCC. The zero-order chi connectivity index (χ0) is 62.8. The average Bonchev–Trinajstić information content (AvgIpc) is 3.58. The third-order valence-electron chi connectivity index (χ3n) is 18.3. The molecule has 1 amide bonds. The number of unbranched alkanes of at least 4 members (excludes halogenated alkanes) is 57. The van der Waals surface area contributed by atoms with Crippen molar-refractivity contribution < 1.29 is 24.5 Å². The highest BCUT2D eigenvalue weighted by atomic mass is 16.5. The van der Waals surface area contributed by atoms with E-state index in [9.17, 15) is 19.8 Å². The molecule has 6 heteroatoms. The van der Waals surface area contributed by atoms with Crippen LogP contribution >= 0.6 is 0 Å². The summed E-state index contributed by atoms with van der Waals surface area (Å²) >= 11 is 0. The number of carbonyl (C=O) groups excluding carboxylic acids is 2. The largest absolute Gasteiger partial charge is 0.466 e. The van der Waals surface area contributed by atoms with Crippen molar-refractivity contribution in [1.29, 1.82) is 0 Å². The predicted molar refractivity (Wildman–Crippen MR) is 384 cm³/mol. The summed E-state index contributed by atoms with van der Waals surface area (Å²) in [5.41, 5.74) is 0. The van der Waals surface area contributed by atoms with Crippen LogP contribution in [0.2, 0.25) is 0 Å². The van der Waals surface area contributed by atoms with Crippen LogP contribution in [0.25, 0.3) is 0 Å². The molecule has 0 aromatic rings. The monoisotopic (exact) mass is 1220 g/mol. The second kappa shape index (κ2) is 76.3. The molecule has 0 aromatic carbocycles. The summed E-state index contributed by atoms with van der Waals surface area (Å²) in [7, 11) is 0. The first-order valence-corrected chi connectivity index (χ1v) is 39.4. The lowest BCUT2D eigenvalue weighted by Gasteiger charge is -2.20. The molecule has 0 aliphatic heterocycles. The quantitative estimate of drug-likeness (QED) is 0.0320. The zero-order valence-electron chi connectivity index (χ0n) is 58.8. The summed E-state index contributed by atoms with van der Waals surface area (Å²) < 4.78 is 5.51. The molecule has 0 rings (SSSR count). The third-order valence-corrected chi connectivity index (χ3v) is 18.3. The van der Waals surface area contributed by atoms with Crippen LogP contribution in [0.5, 0.6) is 0 Å². The van der Waals surface area contributed by atoms with E-state index in [0.717, 1.165) is 51.4 Å². The van der Waals surface area contributed by atoms with Gasteiger partial charge >= 0.3 is 5.97 Å². The Morgan fingerprint density at radius 1 is 0.322 bits per heavy atom. The van der Waals surface area contributed by atoms with Gasteiger partial charge in [0.1, 0.15) is 0 Å². The van der Waals surface area contributed by atoms with E-state index in [4.69, 9.17) is 4.74 Å². The van der Waals surface area contributed by atoms with E-state index < -0.39 is 12.1 Å². The van der Waals surface area contributed by atoms with Crippen LogP contribution in [0.3, 0.4) is 0 Å². The number of nitrogens with one attached hydrogen (secondary N) is 1. The molecule has 0 aromatic heterocycles. The molecule has 0 saturated heterocycles. The fourth-order valence-corrected chi connectivity index (χ4v) is 12.3. The number of allylic oxidation sites excluding steroid dienone is 7. The smallest absolute Gasteiger partial charge is 0.305 e. The van der Waals surface area contributed by atoms with E-state index in [0.29, 0.717) is 19.4 Å². The van der Waals surface area contributed by atoms with E-state index in [1.54, 1.807) is 6.08 Å². The number of esters is 1. The highest BCUT2D eigenvalue weighted by Gasteiger charge is 2.18. The standard InChI is InChI=1S/C81H153NO5/c1-3-5-7-9-11-13-15-17-19-21-23-24-25-31-34-38-41-45-49-53-57-61-65-69-73-79(84)78(77-83)82-80(85)74-70-66-62-58-54-50-46-42-39-35-32-29-27-26-28-30-33-36-40-44-48-52-56-60-64-68-72-76-87-81(86)75-71-67-63-59-55-51-47-43-37-22-20-18-16-14-12-10-8-6-4-2/h18,20,26-27,30,33,69,73,78-79,83-84H,3-17,19,21-25,28-29,31-32,34-68,70-72,74-77H2,1-2H3,(H,82,85)/b20-18-,27-26-,33-30-,73-69+. The summed E-state index contributed by atoms with van der Waals surface area (Å²) in [6.07, 6.45) is 101. The Morgan fingerprint density at radius 3 is 0.885 bits per heavy atom. The van der Waals surface area contributed by atoms with Gasteiger partial charge in [0.15, 0.2) is 0 Å². The van der Waals surface area contributed by atoms with Crippen molar-refractivity contribution in [3.8, 4) is 0 Å². The molecular weight excluding hydrogens is 1070 g/mol. The van der Waals surface area contributed by atoms with Gasteiger partial charge in [0, 0.05) is 12.8 Å². The van der Waals surface area contributed by atoms with Crippen LogP contribution in [0.4, 0.5) is 0 Å². The Balaban J connectivity index is 3.43. The maximum Gasteiger partial charge on any atom is 0.305 e. The fourth-order valence-electron chi connectivity index (χ4n) is 12.3. The van der Waals surface area contributed by atoms with Gasteiger partial charge in [-0.2, -0.15) is 0 Å². The molecule has 0 bridgehead atoms. The molecule has 3 N–H and O–H groups in total. The van der Waals surface area contributed by atoms with E-state index in [-0.39, 0.29) is 18.5 Å². The number of hydrogen-bond donors (Lipinski definition) is 3. The van der Waals surface area contributed by atoms with Gasteiger partial charge in [0.2, 0.25) is 5.91 Å². The summed E-state index contributed by atoms with van der Waals surface area (Å²) in [5, 5.41) is 23.3. The van der Waals surface area contributed by atoms with Crippen molar-refractivity contribution in [2.24, 2.45) is 0 Å². The van der Waals surface area contributed by atoms with Crippen molar-refractivity contribution in [2.75, 3.05) is 13.2 Å². The van der Waals surface area contributed by atoms with Gasteiger partial charge in [0.05, 0.1) is 25.4 Å². The molecule has 6 nitrogen and oxygen atoms in total. The van der Waals surface area contributed by atoms with Crippen LogP contribution in [-0.2, 0) is 14.3 Å². The normalized spacial score (nSPS) is 12.7. The van der Waals surface area contributed by atoms with Crippen LogP contribution in [0.15, 0.2) is 48.6 Å². The van der Waals surface area contributed by atoms with E-state index in [1.807, 2.05) is 6.08 Å². The molecule has 0 radical (unpaired) electrons. The van der Waals surface area contributed by atoms with Crippen molar-refractivity contribution in [3.63, 3.8) is 0 Å². The van der Waals surface area contributed by atoms with Crippen molar-refractivity contribution in [1.82, 2.24) is 5.32 Å². The summed E-state index contributed by atoms with van der Waals surface area (Å²) in [4.78, 5) is 24.7. The minimum Gasteiger partial charge on any atom is -0.466 e. The predicted octanol–water partition coefficient (Wildman–Crippen LogP) is 26.0. The van der Waals surface area contributed by atoms with Crippen molar-refractivity contribution in [3.05, 3.63) is 48.6 Å². The van der Waals surface area contributed by atoms with E-state index in [1.165, 1.54) is 353 Å². The first-order valence-electron chi connectivity index (χ1n) is 39.4. The van der Waals surface area contributed by atoms with Crippen LogP contribution in [0, 0.1) is 0 Å². The molecule has 2 unspecified atom stereocenters. The molecule has 0 aliphatic rings. The molecular formula is C81H153NO5. The minimum atomic E-state index is -0.849. The third kappa shape index (κ3) is 72.8. The topological polar surface area (TPSA) is 95.9 Å². The molecule has 87 heavy (non-hydrogen) atoms. The first kappa shape index (κ1) is 84.8. The van der Waals surface area contributed by atoms with E-state index >= 15 is 0 Å². The summed E-state index contributed by atoms with van der Waals surface area (Å²) in [6, 6.07) is -0.633. The number of carbonyl (C=O) groups is 2. The van der Waals surface area contributed by atoms with Crippen LogP contribution in [0.1, 0.15) is 431 Å². The molecule has 2 atom stereocenters. The maximum atomic E-state index is 12.5. The number of ether oxygens (including phenoxy) is 1. The fraction of sp³-hybridized carbons (Fsp3) is 0.877. The molecule has 0 aliphatic carbocycles. The lowest BCUT2D eigenvalue weighted by Crippen LogP contribution is -2.45. The number of aliphatic hydroxyl groups is 2. The highest BCUT2D eigenvalue weighted by molar-refractivity contribution is 5.76. The lowest BCUT2D eigenvalue weighted by atomic mass is 10.0. The Morgan fingerprint density at radius 2 is 0.575 bits per heavy atom. The van der Waals surface area contributed by atoms with E-state index in [2.05, 4.69) is 55.6 Å². The van der Waals surface area contributed by atoms with Gasteiger partial charge < -0.3 is 20.3 Å². The Labute approximate surface area is 544 Å². The Kier molecular flexibility index (Phi) is 74.4. The summed E-state index contributed by atoms with van der Waals surface area (Å²) in [5.74, 6) is -0.0565. The maximum absolute atomic E-state index is 12.5. The molecule has 0 fully saturated rings. The number of hydrogen-bond acceptors (Lipinski definition) is 5. The van der Waals surface area contributed by atoms with Crippen LogP contribution in [-0.4, -0.2) is 47.4 Å². The van der Waals surface area contributed by atoms with Gasteiger partial charge in [0.25, 0.3) is 0 Å². The first-order chi connectivity index (χ1) is 43.0.